The number of hydrogen-bond donors (Lipinski definition) is 0. The normalized spacial score (nSPS) is 19.2. The summed E-state index contributed by atoms with van der Waals surface area (Å²) in [6.45, 7) is 5.13. The molecule has 0 aromatic carbocycles. The van der Waals surface area contributed by atoms with Crippen LogP contribution in [0, 0.1) is 0 Å². The first-order valence-electron chi connectivity index (χ1n) is 5.85. The van der Waals surface area contributed by atoms with Crippen LogP contribution in [0.3, 0.4) is 0 Å². The predicted octanol–water partition coefficient (Wildman–Crippen LogP) is 1.93. The highest BCUT2D eigenvalue weighted by molar-refractivity contribution is 7.99. The second-order valence-electron chi connectivity index (χ2n) is 3.84. The van der Waals surface area contributed by atoms with Crippen molar-refractivity contribution in [3.05, 3.63) is 11.6 Å². The van der Waals surface area contributed by atoms with Crippen LogP contribution in [0.4, 0.5) is 0 Å². The van der Waals surface area contributed by atoms with Crippen molar-refractivity contribution < 1.29 is 9.53 Å². The number of esters is 1. The second-order valence-corrected chi connectivity index (χ2v) is 5.07. The van der Waals surface area contributed by atoms with E-state index in [4.69, 9.17) is 4.74 Å². The lowest BCUT2D eigenvalue weighted by Crippen LogP contribution is -2.26. The maximum Gasteiger partial charge on any atom is 0.333 e. The van der Waals surface area contributed by atoms with Gasteiger partial charge in [-0.2, -0.15) is 11.8 Å². The fraction of sp³-hybridized carbons (Fsp3) is 0.750. The lowest BCUT2D eigenvalue weighted by Gasteiger charge is -2.17. The summed E-state index contributed by atoms with van der Waals surface area (Å²) in [5.74, 6) is 2.28. The smallest absolute Gasteiger partial charge is 0.333 e. The van der Waals surface area contributed by atoms with E-state index < -0.39 is 0 Å². The summed E-state index contributed by atoms with van der Waals surface area (Å²) in [7, 11) is 1.44. The topological polar surface area (TPSA) is 29.5 Å². The average Bonchev–Trinajstić information content (AvgIpc) is 2.58. The molecule has 1 aliphatic heterocycles. The number of ether oxygens (including phenoxy) is 1. The number of nitrogens with zero attached hydrogens (tertiary/aromatic N) is 1. The minimum atomic E-state index is -0.188. The maximum atomic E-state index is 11.4. The van der Waals surface area contributed by atoms with Gasteiger partial charge in [0.25, 0.3) is 0 Å². The summed E-state index contributed by atoms with van der Waals surface area (Å²) in [6, 6.07) is 0. The largest absolute Gasteiger partial charge is 0.466 e. The van der Waals surface area contributed by atoms with E-state index >= 15 is 0 Å². The van der Waals surface area contributed by atoms with Crippen LogP contribution in [0.5, 0.6) is 0 Å². The Hall–Kier alpha value is -0.480. The highest BCUT2D eigenvalue weighted by atomic mass is 32.2. The molecule has 1 fully saturated rings. The van der Waals surface area contributed by atoms with Gasteiger partial charge in [-0.05, 0) is 25.1 Å². The molecule has 0 radical (unpaired) electrons. The van der Waals surface area contributed by atoms with Gasteiger partial charge in [-0.25, -0.2) is 4.79 Å². The summed E-state index contributed by atoms with van der Waals surface area (Å²) in [5.41, 5.74) is 0.791. The molecule has 4 heteroatoms. The molecule has 0 aliphatic carbocycles. The van der Waals surface area contributed by atoms with E-state index in [0.29, 0.717) is 0 Å². The highest BCUT2D eigenvalue weighted by Gasteiger charge is 2.10. The Morgan fingerprint density at radius 2 is 2.25 bits per heavy atom. The molecule has 1 rings (SSSR count). The van der Waals surface area contributed by atoms with Gasteiger partial charge in [-0.15, -0.1) is 0 Å². The number of methoxy groups -OCH3 is 1. The first-order valence-corrected chi connectivity index (χ1v) is 7.00. The molecule has 0 spiro atoms. The van der Waals surface area contributed by atoms with Gasteiger partial charge < -0.3 is 4.74 Å². The molecular weight excluding hydrogens is 222 g/mol. The average molecular weight is 243 g/mol. The van der Waals surface area contributed by atoms with Gasteiger partial charge in [0.15, 0.2) is 0 Å². The first-order chi connectivity index (χ1) is 7.77. The Labute approximate surface area is 102 Å². The lowest BCUT2D eigenvalue weighted by molar-refractivity contribution is -0.136. The van der Waals surface area contributed by atoms with Gasteiger partial charge in [0.1, 0.15) is 0 Å². The van der Waals surface area contributed by atoms with Crippen molar-refractivity contribution in [2.24, 2.45) is 0 Å². The summed E-state index contributed by atoms with van der Waals surface area (Å²) >= 11 is 2.02. The number of thioether (sulfide) groups is 1. The van der Waals surface area contributed by atoms with Crippen LogP contribution in [0.1, 0.15) is 19.8 Å². The minimum absolute atomic E-state index is 0.188. The molecular formula is C12H21NO2S. The van der Waals surface area contributed by atoms with E-state index in [2.05, 4.69) is 4.90 Å². The molecule has 0 aromatic rings. The van der Waals surface area contributed by atoms with Crippen molar-refractivity contribution >= 4 is 17.7 Å². The van der Waals surface area contributed by atoms with Gasteiger partial charge in [0.05, 0.1) is 7.11 Å². The van der Waals surface area contributed by atoms with Gasteiger partial charge in [-0.3, -0.25) is 4.90 Å². The quantitative estimate of drug-likeness (QED) is 0.557. The third-order valence-corrected chi connectivity index (χ3v) is 3.79. The van der Waals surface area contributed by atoms with Crippen LogP contribution in [0.2, 0.25) is 0 Å². The second kappa shape index (κ2) is 7.74. The zero-order chi connectivity index (χ0) is 11.8. The predicted molar refractivity (Wildman–Crippen MR) is 68.8 cm³/mol. The van der Waals surface area contributed by atoms with Gasteiger partial charge in [-0.1, -0.05) is 13.0 Å². The number of carbonyl (C=O) groups excluding carboxylic acids is 1. The lowest BCUT2D eigenvalue weighted by atomic mass is 10.2. The molecule has 3 nitrogen and oxygen atoms in total. The van der Waals surface area contributed by atoms with Crippen molar-refractivity contribution in [1.82, 2.24) is 4.90 Å². The van der Waals surface area contributed by atoms with Crippen LogP contribution in [0.15, 0.2) is 11.6 Å². The third kappa shape index (κ3) is 4.58. The molecule has 92 valence electrons. The fourth-order valence-electron chi connectivity index (χ4n) is 1.72. The Morgan fingerprint density at radius 3 is 2.94 bits per heavy atom. The van der Waals surface area contributed by atoms with E-state index in [1.807, 2.05) is 24.8 Å². The van der Waals surface area contributed by atoms with E-state index in [1.165, 1.54) is 25.0 Å². The van der Waals surface area contributed by atoms with Crippen molar-refractivity contribution in [3.63, 3.8) is 0 Å². The number of rotatable bonds is 4. The minimum Gasteiger partial charge on any atom is -0.466 e. The Bertz CT molecular complexity index is 245. The Morgan fingerprint density at radius 1 is 1.44 bits per heavy atom. The molecule has 0 atom stereocenters. The van der Waals surface area contributed by atoms with Crippen molar-refractivity contribution in [2.45, 2.75) is 19.8 Å². The van der Waals surface area contributed by atoms with Gasteiger partial charge in [0.2, 0.25) is 0 Å². The molecule has 0 N–H and O–H groups in total. The zero-order valence-corrected chi connectivity index (χ0v) is 11.0. The molecule has 0 amide bonds. The van der Waals surface area contributed by atoms with Crippen LogP contribution in [0.25, 0.3) is 0 Å². The number of hydrogen-bond acceptors (Lipinski definition) is 4. The molecule has 0 unspecified atom stereocenters. The molecule has 16 heavy (non-hydrogen) atoms. The van der Waals surface area contributed by atoms with E-state index in [1.54, 1.807) is 0 Å². The van der Waals surface area contributed by atoms with Crippen LogP contribution in [-0.2, 0) is 9.53 Å². The SMILES string of the molecule is CCC(=CCN1CCCSCC1)C(=O)OC. The molecule has 0 aromatic heterocycles. The van der Waals surface area contributed by atoms with E-state index in [-0.39, 0.29) is 5.97 Å². The molecule has 1 heterocycles. The summed E-state index contributed by atoms with van der Waals surface area (Å²) in [4.78, 5) is 13.8. The monoisotopic (exact) mass is 243 g/mol. The third-order valence-electron chi connectivity index (χ3n) is 2.74. The fourth-order valence-corrected chi connectivity index (χ4v) is 2.65. The summed E-state index contributed by atoms with van der Waals surface area (Å²) < 4.78 is 4.74. The molecule has 1 aliphatic rings. The van der Waals surface area contributed by atoms with Crippen LogP contribution < -0.4 is 0 Å². The molecule has 1 saturated heterocycles. The standard InChI is InChI=1S/C12H21NO2S/c1-3-11(12(14)15-2)5-7-13-6-4-9-16-10-8-13/h5H,3-4,6-10H2,1-2H3. The van der Waals surface area contributed by atoms with Crippen LogP contribution >= 0.6 is 11.8 Å². The van der Waals surface area contributed by atoms with Crippen molar-refractivity contribution in [2.75, 3.05) is 38.2 Å². The van der Waals surface area contributed by atoms with Crippen molar-refractivity contribution in [3.8, 4) is 0 Å². The Kier molecular flexibility index (Phi) is 6.57. The molecule has 0 saturated carbocycles. The summed E-state index contributed by atoms with van der Waals surface area (Å²) in [5, 5.41) is 0. The molecule has 0 bridgehead atoms. The van der Waals surface area contributed by atoms with E-state index in [9.17, 15) is 4.79 Å². The number of carbonyl (C=O) groups is 1. The van der Waals surface area contributed by atoms with Gasteiger partial charge >= 0.3 is 5.97 Å². The summed E-state index contributed by atoms with van der Waals surface area (Å²) in [6.07, 6.45) is 4.01. The highest BCUT2D eigenvalue weighted by Crippen LogP contribution is 2.10. The van der Waals surface area contributed by atoms with E-state index in [0.717, 1.165) is 31.6 Å². The zero-order valence-electron chi connectivity index (χ0n) is 10.2. The van der Waals surface area contributed by atoms with Crippen molar-refractivity contribution in [1.29, 1.82) is 0 Å². The van der Waals surface area contributed by atoms with Crippen LogP contribution in [-0.4, -0.2) is 49.1 Å². The first kappa shape index (κ1) is 13.6. The van der Waals surface area contributed by atoms with Gasteiger partial charge in [0, 0.05) is 24.4 Å². The maximum absolute atomic E-state index is 11.4. The Balaban J connectivity index is 2.44.